The highest BCUT2D eigenvalue weighted by Crippen LogP contribution is 2.31. The molecule has 2 aliphatic heterocycles. The average Bonchev–Trinajstić information content (AvgIpc) is 3.05. The second kappa shape index (κ2) is 16.1. The summed E-state index contributed by atoms with van der Waals surface area (Å²) >= 11 is 0. The molecule has 44 heavy (non-hydrogen) atoms. The molecule has 0 aliphatic carbocycles. The molecule has 5 rings (SSSR count). The number of morpholine rings is 1. The molecule has 0 radical (unpaired) electrons. The Morgan fingerprint density at radius 3 is 2.43 bits per heavy atom. The van der Waals surface area contributed by atoms with Gasteiger partial charge in [0.1, 0.15) is 5.75 Å². The van der Waals surface area contributed by atoms with Gasteiger partial charge in [0.2, 0.25) is 0 Å². The number of hydrogen-bond donors (Lipinski definition) is 3. The van der Waals surface area contributed by atoms with Crippen LogP contribution in [0.3, 0.4) is 0 Å². The number of ether oxygens (including phenoxy) is 2. The van der Waals surface area contributed by atoms with Crippen LogP contribution >= 0.6 is 0 Å². The Kier molecular flexibility index (Phi) is 11.5. The smallest absolute Gasteiger partial charge is 0.323 e. The highest BCUT2D eigenvalue weighted by molar-refractivity contribution is 6.04. The standard InChI is InChI=1S/C35H45N5O4/c1-2-44-33-12-7-6-11-31(33)38-35(42)37-29-13-14-32(40-19-15-28(16-20-40)25-27-9-4-3-5-10-27)30(26-29)34(41)36-17-8-18-39-21-23-43-24-22-39/h3-7,9-14,26,28H,2,8,15-25H2,1H3,(H,36,41)(H2,37,38,42). The molecule has 0 saturated carbocycles. The number of piperidine rings is 1. The molecular formula is C35H45N5O4. The van der Waals surface area contributed by atoms with E-state index in [0.717, 1.165) is 77.3 Å². The van der Waals surface area contributed by atoms with Crippen LogP contribution in [0.4, 0.5) is 21.9 Å². The van der Waals surface area contributed by atoms with E-state index in [-0.39, 0.29) is 5.91 Å². The number of carbonyl (C=O) groups is 2. The monoisotopic (exact) mass is 599 g/mol. The minimum atomic E-state index is -0.400. The molecule has 3 aromatic rings. The molecule has 2 heterocycles. The van der Waals surface area contributed by atoms with Crippen LogP contribution < -0.4 is 25.6 Å². The second-order valence-corrected chi connectivity index (χ2v) is 11.4. The zero-order chi connectivity index (χ0) is 30.6. The predicted molar refractivity (Wildman–Crippen MR) is 176 cm³/mol. The van der Waals surface area contributed by atoms with Crippen molar-refractivity contribution in [3.8, 4) is 5.75 Å². The van der Waals surface area contributed by atoms with Crippen molar-refractivity contribution in [3.05, 3.63) is 83.9 Å². The van der Waals surface area contributed by atoms with Gasteiger partial charge < -0.3 is 30.3 Å². The van der Waals surface area contributed by atoms with Gasteiger partial charge in [0.05, 0.1) is 31.1 Å². The predicted octanol–water partition coefficient (Wildman–Crippen LogP) is 5.64. The highest BCUT2D eigenvalue weighted by atomic mass is 16.5. The van der Waals surface area contributed by atoms with Crippen molar-refractivity contribution in [2.45, 2.75) is 32.6 Å². The number of carbonyl (C=O) groups excluding carboxylic acids is 2. The minimum absolute atomic E-state index is 0.126. The third-order valence-corrected chi connectivity index (χ3v) is 8.30. The van der Waals surface area contributed by atoms with E-state index in [1.807, 2.05) is 37.3 Å². The number of nitrogens with zero attached hydrogens (tertiary/aromatic N) is 2. The zero-order valence-electron chi connectivity index (χ0n) is 25.7. The molecule has 0 bridgehead atoms. The van der Waals surface area contributed by atoms with Gasteiger partial charge in [0.15, 0.2) is 0 Å². The third-order valence-electron chi connectivity index (χ3n) is 8.30. The fourth-order valence-electron chi connectivity index (χ4n) is 5.96. The molecule has 3 amide bonds. The SMILES string of the molecule is CCOc1ccccc1NC(=O)Nc1ccc(N2CCC(Cc3ccccc3)CC2)c(C(=O)NCCCN2CCOCC2)c1. The summed E-state index contributed by atoms with van der Waals surface area (Å²) in [4.78, 5) is 31.2. The number of hydrogen-bond acceptors (Lipinski definition) is 6. The van der Waals surface area contributed by atoms with Crippen LogP contribution in [0.25, 0.3) is 0 Å². The summed E-state index contributed by atoms with van der Waals surface area (Å²) < 4.78 is 11.1. The first-order valence-corrected chi connectivity index (χ1v) is 15.9. The Bertz CT molecular complexity index is 1350. The first-order chi connectivity index (χ1) is 21.6. The second-order valence-electron chi connectivity index (χ2n) is 11.4. The van der Waals surface area contributed by atoms with Crippen LogP contribution in [0.1, 0.15) is 42.1 Å². The van der Waals surface area contributed by atoms with Crippen molar-refractivity contribution in [2.75, 3.05) is 74.6 Å². The Hall–Kier alpha value is -4.08. The van der Waals surface area contributed by atoms with Crippen LogP contribution in [-0.4, -0.2) is 75.9 Å². The zero-order valence-corrected chi connectivity index (χ0v) is 25.7. The van der Waals surface area contributed by atoms with Gasteiger partial charge in [-0.15, -0.1) is 0 Å². The van der Waals surface area contributed by atoms with E-state index in [4.69, 9.17) is 9.47 Å². The molecule has 0 atom stereocenters. The van der Waals surface area contributed by atoms with E-state index in [2.05, 4.69) is 56.1 Å². The van der Waals surface area contributed by atoms with Crippen LogP contribution in [0.15, 0.2) is 72.8 Å². The lowest BCUT2D eigenvalue weighted by molar-refractivity contribution is 0.0374. The van der Waals surface area contributed by atoms with Gasteiger partial charge in [-0.3, -0.25) is 9.69 Å². The summed E-state index contributed by atoms with van der Waals surface area (Å²) in [6.45, 7) is 9.08. The third kappa shape index (κ3) is 8.97. The summed E-state index contributed by atoms with van der Waals surface area (Å²) in [6.07, 6.45) is 4.08. The number of benzene rings is 3. The minimum Gasteiger partial charge on any atom is -0.492 e. The Balaban J connectivity index is 1.25. The van der Waals surface area contributed by atoms with Gasteiger partial charge in [0, 0.05) is 44.1 Å². The van der Waals surface area contributed by atoms with E-state index in [1.54, 1.807) is 12.1 Å². The molecule has 2 fully saturated rings. The molecule has 0 aromatic heterocycles. The van der Waals surface area contributed by atoms with Gasteiger partial charge in [-0.1, -0.05) is 42.5 Å². The molecule has 2 saturated heterocycles. The fraction of sp³-hybridized carbons (Fsp3) is 0.429. The average molecular weight is 600 g/mol. The molecule has 9 nitrogen and oxygen atoms in total. The van der Waals surface area contributed by atoms with Gasteiger partial charge in [-0.05, 0) is 81.0 Å². The maximum atomic E-state index is 13.6. The van der Waals surface area contributed by atoms with E-state index < -0.39 is 6.03 Å². The van der Waals surface area contributed by atoms with Crippen LogP contribution in [-0.2, 0) is 11.2 Å². The summed E-state index contributed by atoms with van der Waals surface area (Å²) in [6, 6.07) is 23.2. The summed E-state index contributed by atoms with van der Waals surface area (Å²) in [5.74, 6) is 1.10. The Morgan fingerprint density at radius 2 is 1.66 bits per heavy atom. The fourth-order valence-corrected chi connectivity index (χ4v) is 5.96. The summed E-state index contributed by atoms with van der Waals surface area (Å²) in [5.41, 5.74) is 3.99. The number of nitrogens with one attached hydrogen (secondary N) is 3. The van der Waals surface area contributed by atoms with Gasteiger partial charge >= 0.3 is 6.03 Å². The van der Waals surface area contributed by atoms with Crippen molar-refractivity contribution in [2.24, 2.45) is 5.92 Å². The van der Waals surface area contributed by atoms with Gasteiger partial charge in [0.25, 0.3) is 5.91 Å². The molecule has 3 aromatic carbocycles. The molecule has 0 spiro atoms. The Labute approximate surface area is 260 Å². The molecule has 0 unspecified atom stereocenters. The largest absolute Gasteiger partial charge is 0.492 e. The van der Waals surface area contributed by atoms with Crippen molar-refractivity contribution in [1.82, 2.24) is 10.2 Å². The normalized spacial score (nSPS) is 15.9. The van der Waals surface area contributed by atoms with Crippen molar-refractivity contribution < 1.29 is 19.1 Å². The first-order valence-electron chi connectivity index (χ1n) is 15.9. The van der Waals surface area contributed by atoms with E-state index in [0.29, 0.717) is 41.8 Å². The number of amides is 3. The number of rotatable bonds is 12. The number of anilines is 3. The van der Waals surface area contributed by atoms with Gasteiger partial charge in [-0.2, -0.15) is 0 Å². The summed E-state index contributed by atoms with van der Waals surface area (Å²) in [7, 11) is 0. The lowest BCUT2D eigenvalue weighted by Gasteiger charge is -2.35. The highest BCUT2D eigenvalue weighted by Gasteiger charge is 2.24. The molecule has 9 heteroatoms. The number of urea groups is 1. The van der Waals surface area contributed by atoms with Crippen molar-refractivity contribution >= 4 is 29.0 Å². The van der Waals surface area contributed by atoms with Crippen LogP contribution in [0.2, 0.25) is 0 Å². The van der Waals surface area contributed by atoms with Crippen molar-refractivity contribution in [3.63, 3.8) is 0 Å². The number of para-hydroxylation sites is 2. The molecule has 3 N–H and O–H groups in total. The molecular weight excluding hydrogens is 554 g/mol. The lowest BCUT2D eigenvalue weighted by Crippen LogP contribution is -2.38. The van der Waals surface area contributed by atoms with E-state index in [9.17, 15) is 9.59 Å². The topological polar surface area (TPSA) is 95.2 Å². The Morgan fingerprint density at radius 1 is 0.909 bits per heavy atom. The maximum Gasteiger partial charge on any atom is 0.323 e. The quantitative estimate of drug-likeness (QED) is 0.233. The van der Waals surface area contributed by atoms with Crippen LogP contribution in [0.5, 0.6) is 5.75 Å². The van der Waals surface area contributed by atoms with Crippen LogP contribution in [0, 0.1) is 5.92 Å². The summed E-state index contributed by atoms with van der Waals surface area (Å²) in [5, 5.41) is 8.91. The van der Waals surface area contributed by atoms with Gasteiger partial charge in [-0.25, -0.2) is 4.79 Å². The van der Waals surface area contributed by atoms with Crippen molar-refractivity contribution in [1.29, 1.82) is 0 Å². The molecule has 234 valence electrons. The first kappa shape index (κ1) is 31.3. The van der Waals surface area contributed by atoms with E-state index in [1.165, 1.54) is 5.56 Å². The molecule has 2 aliphatic rings. The van der Waals surface area contributed by atoms with E-state index >= 15 is 0 Å². The lowest BCUT2D eigenvalue weighted by atomic mass is 9.89. The maximum absolute atomic E-state index is 13.6.